The van der Waals surface area contributed by atoms with Gasteiger partial charge in [0.2, 0.25) is 0 Å². The second-order valence-corrected chi connectivity index (χ2v) is 6.24. The molecule has 134 valence electrons. The summed E-state index contributed by atoms with van der Waals surface area (Å²) in [5, 5.41) is 5.89. The molecule has 0 saturated heterocycles. The van der Waals surface area contributed by atoms with E-state index in [9.17, 15) is 4.79 Å². The fourth-order valence-corrected chi connectivity index (χ4v) is 2.82. The van der Waals surface area contributed by atoms with Crippen molar-refractivity contribution in [1.82, 2.24) is 0 Å². The molecule has 0 spiro atoms. The van der Waals surface area contributed by atoms with Crippen molar-refractivity contribution in [3.63, 3.8) is 0 Å². The van der Waals surface area contributed by atoms with Crippen LogP contribution >= 0.6 is 0 Å². The monoisotopic (exact) mass is 350 g/mol. The third kappa shape index (κ3) is 3.20. The predicted octanol–water partition coefficient (Wildman–Crippen LogP) is 4.13. The van der Waals surface area contributed by atoms with Gasteiger partial charge in [0.15, 0.2) is 0 Å². The number of amides is 1. The molecule has 1 aliphatic heterocycles. The van der Waals surface area contributed by atoms with Crippen molar-refractivity contribution in [3.05, 3.63) is 58.7 Å². The Balaban J connectivity index is 2.00. The topological polar surface area (TPSA) is 51.1 Å². The van der Waals surface area contributed by atoms with Gasteiger partial charge in [-0.25, -0.2) is 0 Å². The van der Waals surface area contributed by atoms with E-state index in [-0.39, 0.29) is 5.91 Å². The molecule has 1 aliphatic rings. The van der Waals surface area contributed by atoms with Crippen LogP contribution in [0.25, 0.3) is 6.08 Å². The summed E-state index contributed by atoms with van der Waals surface area (Å²) in [6, 6.07) is 11.4. The van der Waals surface area contributed by atoms with Crippen molar-refractivity contribution in [2.45, 2.75) is 20.8 Å². The number of anilines is 1. The Morgan fingerprint density at radius 2 is 1.73 bits per heavy atom. The third-order valence-electron chi connectivity index (χ3n) is 4.53. The second kappa shape index (κ2) is 7.04. The van der Waals surface area contributed by atoms with E-state index in [0.717, 1.165) is 16.8 Å². The fraction of sp³-hybridized carbons (Fsp3) is 0.238. The van der Waals surface area contributed by atoms with E-state index in [1.54, 1.807) is 20.3 Å². The van der Waals surface area contributed by atoms with Crippen LogP contribution in [0.5, 0.6) is 11.5 Å². The SMILES string of the molecule is COc1ccc(OC)c(/C=C2/C(=O)N(c3ccc(C)c(C)c3)N=C2C)c1. The van der Waals surface area contributed by atoms with Crippen molar-refractivity contribution in [2.24, 2.45) is 5.10 Å². The Bertz CT molecular complexity index is 929. The molecule has 1 heterocycles. The molecular weight excluding hydrogens is 328 g/mol. The maximum Gasteiger partial charge on any atom is 0.280 e. The van der Waals surface area contributed by atoms with Crippen LogP contribution in [0.4, 0.5) is 5.69 Å². The predicted molar refractivity (Wildman–Crippen MR) is 104 cm³/mol. The molecule has 0 fully saturated rings. The van der Waals surface area contributed by atoms with E-state index in [4.69, 9.17) is 9.47 Å². The zero-order chi connectivity index (χ0) is 18.8. The molecule has 2 aromatic rings. The van der Waals surface area contributed by atoms with Crippen LogP contribution < -0.4 is 14.5 Å². The summed E-state index contributed by atoms with van der Waals surface area (Å²) in [4.78, 5) is 12.9. The van der Waals surface area contributed by atoms with Gasteiger partial charge in [0.05, 0.1) is 31.2 Å². The average molecular weight is 350 g/mol. The highest BCUT2D eigenvalue weighted by Gasteiger charge is 2.29. The van der Waals surface area contributed by atoms with Crippen molar-refractivity contribution in [2.75, 3.05) is 19.2 Å². The number of ether oxygens (including phenoxy) is 2. The van der Waals surface area contributed by atoms with E-state index >= 15 is 0 Å². The van der Waals surface area contributed by atoms with Crippen LogP contribution in [-0.2, 0) is 4.79 Å². The Morgan fingerprint density at radius 1 is 0.962 bits per heavy atom. The number of benzene rings is 2. The maximum atomic E-state index is 12.9. The Morgan fingerprint density at radius 3 is 2.38 bits per heavy atom. The zero-order valence-electron chi connectivity index (χ0n) is 15.7. The highest BCUT2D eigenvalue weighted by atomic mass is 16.5. The van der Waals surface area contributed by atoms with Gasteiger partial charge in [-0.3, -0.25) is 4.79 Å². The lowest BCUT2D eigenvalue weighted by Crippen LogP contribution is -2.21. The smallest absolute Gasteiger partial charge is 0.280 e. The molecule has 0 radical (unpaired) electrons. The summed E-state index contributed by atoms with van der Waals surface area (Å²) in [7, 11) is 3.20. The summed E-state index contributed by atoms with van der Waals surface area (Å²) in [6.07, 6.45) is 1.80. The molecule has 5 nitrogen and oxygen atoms in total. The molecule has 3 rings (SSSR count). The molecular formula is C21H22N2O3. The number of methoxy groups -OCH3 is 2. The minimum atomic E-state index is -0.157. The van der Waals surface area contributed by atoms with Crippen molar-refractivity contribution in [1.29, 1.82) is 0 Å². The normalized spacial score (nSPS) is 15.4. The van der Waals surface area contributed by atoms with Crippen molar-refractivity contribution < 1.29 is 14.3 Å². The van der Waals surface area contributed by atoms with Crippen LogP contribution in [0.1, 0.15) is 23.6 Å². The number of carbonyl (C=O) groups is 1. The first-order chi connectivity index (χ1) is 12.4. The summed E-state index contributed by atoms with van der Waals surface area (Å²) >= 11 is 0. The molecule has 26 heavy (non-hydrogen) atoms. The first-order valence-corrected chi connectivity index (χ1v) is 8.35. The van der Waals surface area contributed by atoms with Crippen molar-refractivity contribution in [3.8, 4) is 11.5 Å². The highest BCUT2D eigenvalue weighted by molar-refractivity contribution is 6.32. The first-order valence-electron chi connectivity index (χ1n) is 8.35. The van der Waals surface area contributed by atoms with Gasteiger partial charge in [0.1, 0.15) is 11.5 Å². The van der Waals surface area contributed by atoms with Gasteiger partial charge in [-0.15, -0.1) is 0 Å². The molecule has 0 N–H and O–H groups in total. The zero-order valence-corrected chi connectivity index (χ0v) is 15.7. The van der Waals surface area contributed by atoms with E-state index in [1.165, 1.54) is 10.6 Å². The van der Waals surface area contributed by atoms with Crippen LogP contribution in [0.15, 0.2) is 47.1 Å². The number of rotatable bonds is 4. The van der Waals surface area contributed by atoms with Crippen LogP contribution in [0.3, 0.4) is 0 Å². The number of carbonyl (C=O) groups excluding carboxylic acids is 1. The Labute approximate surface area is 153 Å². The number of hydrazone groups is 1. The molecule has 0 aromatic heterocycles. The standard InChI is InChI=1S/C21H22N2O3/c1-13-6-7-17(10-14(13)2)23-21(24)19(15(3)22-23)12-16-11-18(25-4)8-9-20(16)26-5/h6-12H,1-5H3/b19-12+. The molecule has 0 aliphatic carbocycles. The molecule has 0 atom stereocenters. The lowest BCUT2D eigenvalue weighted by Gasteiger charge is -2.13. The number of hydrogen-bond acceptors (Lipinski definition) is 4. The first kappa shape index (κ1) is 17.7. The highest BCUT2D eigenvalue weighted by Crippen LogP contribution is 2.30. The van der Waals surface area contributed by atoms with Gasteiger partial charge in [0, 0.05) is 5.56 Å². The van der Waals surface area contributed by atoms with Gasteiger partial charge in [0.25, 0.3) is 5.91 Å². The summed E-state index contributed by atoms with van der Waals surface area (Å²) in [5.74, 6) is 1.21. The molecule has 0 saturated carbocycles. The van der Waals surface area contributed by atoms with Crippen LogP contribution in [0, 0.1) is 13.8 Å². The van der Waals surface area contributed by atoms with E-state index in [2.05, 4.69) is 5.10 Å². The molecule has 1 amide bonds. The second-order valence-electron chi connectivity index (χ2n) is 6.24. The summed E-state index contributed by atoms with van der Waals surface area (Å²) in [6.45, 7) is 5.89. The Kier molecular flexibility index (Phi) is 4.80. The molecule has 5 heteroatoms. The minimum absolute atomic E-state index is 0.157. The van der Waals surface area contributed by atoms with Gasteiger partial charge < -0.3 is 9.47 Å². The summed E-state index contributed by atoms with van der Waals surface area (Å²) in [5.41, 5.74) is 5.03. The maximum absolute atomic E-state index is 12.9. The van der Waals surface area contributed by atoms with Gasteiger partial charge in [-0.05, 0) is 68.3 Å². The van der Waals surface area contributed by atoms with E-state index in [1.807, 2.05) is 57.2 Å². The van der Waals surface area contributed by atoms with Crippen LogP contribution in [0.2, 0.25) is 0 Å². The van der Waals surface area contributed by atoms with Crippen molar-refractivity contribution >= 4 is 23.4 Å². The Hall–Kier alpha value is -3.08. The third-order valence-corrected chi connectivity index (χ3v) is 4.53. The number of nitrogens with zero attached hydrogens (tertiary/aromatic N) is 2. The van der Waals surface area contributed by atoms with Gasteiger partial charge >= 0.3 is 0 Å². The summed E-state index contributed by atoms with van der Waals surface area (Å²) < 4.78 is 10.7. The largest absolute Gasteiger partial charge is 0.497 e. The molecule has 0 bridgehead atoms. The quantitative estimate of drug-likeness (QED) is 0.779. The van der Waals surface area contributed by atoms with E-state index in [0.29, 0.717) is 22.8 Å². The number of aryl methyl sites for hydroxylation is 2. The van der Waals surface area contributed by atoms with Gasteiger partial charge in [-0.2, -0.15) is 10.1 Å². The fourth-order valence-electron chi connectivity index (χ4n) is 2.82. The van der Waals surface area contributed by atoms with Gasteiger partial charge in [-0.1, -0.05) is 6.07 Å². The van der Waals surface area contributed by atoms with Crippen LogP contribution in [-0.4, -0.2) is 25.8 Å². The minimum Gasteiger partial charge on any atom is -0.497 e. The lowest BCUT2D eigenvalue weighted by atomic mass is 10.1. The van der Waals surface area contributed by atoms with E-state index < -0.39 is 0 Å². The lowest BCUT2D eigenvalue weighted by molar-refractivity contribution is -0.114. The molecule has 0 unspecified atom stereocenters. The average Bonchev–Trinajstić information content (AvgIpc) is 2.92. The molecule has 2 aromatic carbocycles. The number of hydrogen-bond donors (Lipinski definition) is 0.